The zero-order valence-electron chi connectivity index (χ0n) is 14.2. The second-order valence-corrected chi connectivity index (χ2v) is 8.71. The number of amides is 1. The lowest BCUT2D eigenvalue weighted by molar-refractivity contribution is -0.128. The monoisotopic (exact) mass is 352 g/mol. The summed E-state index contributed by atoms with van der Waals surface area (Å²) in [6, 6.07) is 6.60. The zero-order chi connectivity index (χ0) is 17.4. The van der Waals surface area contributed by atoms with Crippen molar-refractivity contribution in [1.82, 2.24) is 9.21 Å². The minimum absolute atomic E-state index is 0.0894. The number of hydrogen-bond donors (Lipinski definition) is 0. The van der Waals surface area contributed by atoms with Crippen molar-refractivity contribution in [2.45, 2.75) is 31.1 Å². The Balaban J connectivity index is 1.71. The van der Waals surface area contributed by atoms with E-state index >= 15 is 0 Å². The normalized spacial score (nSPS) is 21.2. The fourth-order valence-electron chi connectivity index (χ4n) is 3.72. The molecule has 1 amide bonds. The molecule has 1 aromatic carbocycles. The predicted molar refractivity (Wildman–Crippen MR) is 90.3 cm³/mol. The molecule has 0 radical (unpaired) electrons. The largest absolute Gasteiger partial charge is 0.497 e. The molecule has 2 aliphatic rings. The van der Waals surface area contributed by atoms with Crippen LogP contribution >= 0.6 is 0 Å². The lowest BCUT2D eigenvalue weighted by Gasteiger charge is -2.38. The van der Waals surface area contributed by atoms with Crippen LogP contribution in [0.5, 0.6) is 5.75 Å². The molecule has 7 heteroatoms. The Bertz CT molecular complexity index is 724. The standard InChI is InChI=1S/C17H24N2O4S/c1-14(20)18-9-6-17(13-18)7-10-19(11-8-17)24(21,22)16-5-3-4-15(12-16)23-2/h3-5,12H,6-11,13H2,1-2H3. The highest BCUT2D eigenvalue weighted by atomic mass is 32.2. The molecule has 132 valence electrons. The van der Waals surface area contributed by atoms with E-state index in [2.05, 4.69) is 0 Å². The van der Waals surface area contributed by atoms with E-state index in [4.69, 9.17) is 4.74 Å². The summed E-state index contributed by atoms with van der Waals surface area (Å²) >= 11 is 0. The van der Waals surface area contributed by atoms with Crippen molar-refractivity contribution in [1.29, 1.82) is 0 Å². The molecule has 0 aromatic heterocycles. The summed E-state index contributed by atoms with van der Waals surface area (Å²) in [5, 5.41) is 0. The molecule has 24 heavy (non-hydrogen) atoms. The zero-order valence-corrected chi connectivity index (χ0v) is 15.0. The number of hydrogen-bond acceptors (Lipinski definition) is 4. The van der Waals surface area contributed by atoms with E-state index < -0.39 is 10.0 Å². The van der Waals surface area contributed by atoms with Crippen LogP contribution in [0, 0.1) is 5.41 Å². The summed E-state index contributed by atoms with van der Waals surface area (Å²) in [5.74, 6) is 0.649. The summed E-state index contributed by atoms with van der Waals surface area (Å²) in [6.45, 7) is 4.16. The van der Waals surface area contributed by atoms with Crippen LogP contribution in [0.4, 0.5) is 0 Å². The summed E-state index contributed by atoms with van der Waals surface area (Å²) < 4.78 is 32.4. The maximum absolute atomic E-state index is 12.8. The van der Waals surface area contributed by atoms with Gasteiger partial charge in [-0.25, -0.2) is 8.42 Å². The predicted octanol–water partition coefficient (Wildman–Crippen LogP) is 1.72. The molecule has 0 saturated carbocycles. The van der Waals surface area contributed by atoms with Crippen LogP contribution in [0.2, 0.25) is 0 Å². The van der Waals surface area contributed by atoms with Crippen molar-refractivity contribution in [2.75, 3.05) is 33.3 Å². The first-order chi connectivity index (χ1) is 11.4. The van der Waals surface area contributed by atoms with Crippen molar-refractivity contribution >= 4 is 15.9 Å². The van der Waals surface area contributed by atoms with Gasteiger partial charge < -0.3 is 9.64 Å². The number of methoxy groups -OCH3 is 1. The van der Waals surface area contributed by atoms with Crippen molar-refractivity contribution in [3.8, 4) is 5.75 Å². The maximum Gasteiger partial charge on any atom is 0.243 e. The van der Waals surface area contributed by atoms with Gasteiger partial charge in [-0.3, -0.25) is 4.79 Å². The van der Waals surface area contributed by atoms with Gasteiger partial charge in [-0.2, -0.15) is 4.31 Å². The highest BCUT2D eigenvalue weighted by molar-refractivity contribution is 7.89. The number of likely N-dealkylation sites (tertiary alicyclic amines) is 1. The summed E-state index contributed by atoms with van der Waals surface area (Å²) in [4.78, 5) is 13.7. The van der Waals surface area contributed by atoms with E-state index in [-0.39, 0.29) is 16.2 Å². The molecule has 6 nitrogen and oxygen atoms in total. The summed E-state index contributed by atoms with van der Waals surface area (Å²) in [5.41, 5.74) is 0.0894. The third-order valence-corrected chi connectivity index (χ3v) is 7.24. The van der Waals surface area contributed by atoms with Crippen LogP contribution in [0.3, 0.4) is 0 Å². The van der Waals surface area contributed by atoms with E-state index in [9.17, 15) is 13.2 Å². The lowest BCUT2D eigenvalue weighted by Crippen LogP contribution is -2.44. The molecule has 2 heterocycles. The van der Waals surface area contributed by atoms with E-state index in [1.165, 1.54) is 7.11 Å². The van der Waals surface area contributed by atoms with Crippen molar-refractivity contribution in [3.63, 3.8) is 0 Å². The van der Waals surface area contributed by atoms with E-state index in [0.717, 1.165) is 32.4 Å². The second-order valence-electron chi connectivity index (χ2n) is 6.77. The van der Waals surface area contributed by atoms with Gasteiger partial charge in [0.15, 0.2) is 0 Å². The number of carbonyl (C=O) groups is 1. The van der Waals surface area contributed by atoms with Crippen molar-refractivity contribution < 1.29 is 17.9 Å². The minimum atomic E-state index is -3.50. The Morgan fingerprint density at radius 2 is 1.83 bits per heavy atom. The molecular formula is C17H24N2O4S. The quantitative estimate of drug-likeness (QED) is 0.831. The van der Waals surface area contributed by atoms with Gasteiger partial charge in [0.25, 0.3) is 0 Å². The molecule has 0 aliphatic carbocycles. The average molecular weight is 352 g/mol. The number of ether oxygens (including phenoxy) is 1. The van der Waals surface area contributed by atoms with Crippen LogP contribution < -0.4 is 4.74 Å². The molecular weight excluding hydrogens is 328 g/mol. The Labute approximate surface area is 143 Å². The first kappa shape index (κ1) is 17.2. The first-order valence-corrected chi connectivity index (χ1v) is 9.70. The summed E-state index contributed by atoms with van der Waals surface area (Å²) in [7, 11) is -1.97. The van der Waals surface area contributed by atoms with Gasteiger partial charge in [0, 0.05) is 39.2 Å². The van der Waals surface area contributed by atoms with Crippen molar-refractivity contribution in [2.24, 2.45) is 5.41 Å². The van der Waals surface area contributed by atoms with Crippen LogP contribution in [-0.2, 0) is 14.8 Å². The number of piperidine rings is 1. The molecule has 3 rings (SSSR count). The lowest BCUT2D eigenvalue weighted by atomic mass is 9.78. The Kier molecular flexibility index (Phi) is 4.57. The molecule has 0 bridgehead atoms. The molecule has 1 spiro atoms. The molecule has 2 fully saturated rings. The first-order valence-electron chi connectivity index (χ1n) is 8.26. The summed E-state index contributed by atoms with van der Waals surface area (Å²) in [6.07, 6.45) is 2.58. The highest BCUT2D eigenvalue weighted by Crippen LogP contribution is 2.41. The van der Waals surface area contributed by atoms with E-state index in [1.54, 1.807) is 35.5 Å². The minimum Gasteiger partial charge on any atom is -0.497 e. The Morgan fingerprint density at radius 1 is 1.17 bits per heavy atom. The van der Waals surface area contributed by atoms with E-state index in [1.807, 2.05) is 4.90 Å². The van der Waals surface area contributed by atoms with Gasteiger partial charge in [0.1, 0.15) is 5.75 Å². The SMILES string of the molecule is COc1cccc(S(=O)(=O)N2CCC3(CCN(C(C)=O)C3)CC2)c1. The van der Waals surface area contributed by atoms with Gasteiger partial charge in [-0.1, -0.05) is 6.07 Å². The maximum atomic E-state index is 12.8. The smallest absolute Gasteiger partial charge is 0.243 e. The number of benzene rings is 1. The topological polar surface area (TPSA) is 66.9 Å². The Hall–Kier alpha value is -1.60. The van der Waals surface area contributed by atoms with Crippen molar-refractivity contribution in [3.05, 3.63) is 24.3 Å². The van der Waals surface area contributed by atoms with E-state index in [0.29, 0.717) is 18.8 Å². The van der Waals surface area contributed by atoms with Crippen LogP contribution in [0.15, 0.2) is 29.2 Å². The second kappa shape index (κ2) is 6.37. The van der Waals surface area contributed by atoms with Crippen LogP contribution in [0.25, 0.3) is 0 Å². The molecule has 2 saturated heterocycles. The van der Waals surface area contributed by atoms with Crippen LogP contribution in [0.1, 0.15) is 26.2 Å². The molecule has 0 atom stereocenters. The fourth-order valence-corrected chi connectivity index (χ4v) is 5.20. The van der Waals surface area contributed by atoms with Gasteiger partial charge >= 0.3 is 0 Å². The third-order valence-electron chi connectivity index (χ3n) is 5.35. The number of carbonyl (C=O) groups excluding carboxylic acids is 1. The third kappa shape index (κ3) is 3.15. The fraction of sp³-hybridized carbons (Fsp3) is 0.588. The average Bonchev–Trinajstić information content (AvgIpc) is 2.99. The van der Waals surface area contributed by atoms with Gasteiger partial charge in [0.05, 0.1) is 12.0 Å². The molecule has 2 aliphatic heterocycles. The number of nitrogens with zero attached hydrogens (tertiary/aromatic N) is 2. The van der Waals surface area contributed by atoms with Gasteiger partial charge in [0.2, 0.25) is 15.9 Å². The van der Waals surface area contributed by atoms with Crippen LogP contribution in [-0.4, -0.2) is 56.8 Å². The number of sulfonamides is 1. The van der Waals surface area contributed by atoms with Gasteiger partial charge in [-0.05, 0) is 36.8 Å². The Morgan fingerprint density at radius 3 is 2.42 bits per heavy atom. The van der Waals surface area contributed by atoms with Gasteiger partial charge in [-0.15, -0.1) is 0 Å². The number of rotatable bonds is 3. The molecule has 0 N–H and O–H groups in total. The molecule has 0 unspecified atom stereocenters. The highest BCUT2D eigenvalue weighted by Gasteiger charge is 2.43. The molecule has 1 aromatic rings.